The SMILES string of the molecule is Cc1csc(C(C)CN=C(N)N2CCC(CC(N)=O)CC2)n1. The summed E-state index contributed by atoms with van der Waals surface area (Å²) >= 11 is 1.67. The average molecular weight is 323 g/mol. The summed E-state index contributed by atoms with van der Waals surface area (Å²) in [5.41, 5.74) is 12.4. The van der Waals surface area contributed by atoms with Crippen molar-refractivity contribution in [2.75, 3.05) is 19.6 Å². The Labute approximate surface area is 135 Å². The number of carbonyl (C=O) groups excluding carboxylic acids is 1. The largest absolute Gasteiger partial charge is 0.370 e. The summed E-state index contributed by atoms with van der Waals surface area (Å²) in [5, 5.41) is 3.16. The first-order chi connectivity index (χ1) is 10.5. The van der Waals surface area contributed by atoms with Crippen molar-refractivity contribution in [2.24, 2.45) is 22.4 Å². The summed E-state index contributed by atoms with van der Waals surface area (Å²) in [4.78, 5) is 22.1. The molecule has 1 saturated heterocycles. The van der Waals surface area contributed by atoms with E-state index >= 15 is 0 Å². The molecule has 1 fully saturated rings. The van der Waals surface area contributed by atoms with Crippen molar-refractivity contribution in [3.63, 3.8) is 0 Å². The molecular weight excluding hydrogens is 298 g/mol. The monoisotopic (exact) mass is 323 g/mol. The van der Waals surface area contributed by atoms with Crippen molar-refractivity contribution >= 4 is 23.2 Å². The molecule has 1 unspecified atom stereocenters. The Kier molecular flexibility index (Phi) is 5.76. The summed E-state index contributed by atoms with van der Waals surface area (Å²) < 4.78 is 0. The highest BCUT2D eigenvalue weighted by atomic mass is 32.1. The highest BCUT2D eigenvalue weighted by molar-refractivity contribution is 7.09. The molecule has 4 N–H and O–H groups in total. The van der Waals surface area contributed by atoms with Crippen LogP contribution in [0.15, 0.2) is 10.4 Å². The molecule has 1 aliphatic heterocycles. The fraction of sp³-hybridized carbons (Fsp3) is 0.667. The molecule has 1 aromatic heterocycles. The van der Waals surface area contributed by atoms with Crippen LogP contribution in [-0.2, 0) is 4.79 Å². The van der Waals surface area contributed by atoms with Crippen molar-refractivity contribution in [2.45, 2.75) is 39.0 Å². The number of thiazole rings is 1. The lowest BCUT2D eigenvalue weighted by Crippen LogP contribution is -2.43. The van der Waals surface area contributed by atoms with Gasteiger partial charge in [0.1, 0.15) is 0 Å². The molecule has 0 bridgehead atoms. The van der Waals surface area contributed by atoms with Gasteiger partial charge in [-0.15, -0.1) is 11.3 Å². The Hall–Kier alpha value is -1.63. The minimum atomic E-state index is -0.215. The van der Waals surface area contributed by atoms with Crippen molar-refractivity contribution in [3.05, 3.63) is 16.1 Å². The molecule has 0 spiro atoms. The molecular formula is C15H25N5OS. The van der Waals surface area contributed by atoms with Crippen molar-refractivity contribution < 1.29 is 4.79 Å². The fourth-order valence-corrected chi connectivity index (χ4v) is 3.51. The van der Waals surface area contributed by atoms with E-state index in [2.05, 4.69) is 27.2 Å². The number of carbonyl (C=O) groups is 1. The van der Waals surface area contributed by atoms with Crippen molar-refractivity contribution in [3.8, 4) is 0 Å². The molecule has 6 nitrogen and oxygen atoms in total. The van der Waals surface area contributed by atoms with Gasteiger partial charge in [-0.1, -0.05) is 6.92 Å². The van der Waals surface area contributed by atoms with E-state index < -0.39 is 0 Å². The molecule has 0 radical (unpaired) electrons. The van der Waals surface area contributed by atoms with Gasteiger partial charge in [-0.25, -0.2) is 4.98 Å². The number of piperidine rings is 1. The van der Waals surface area contributed by atoms with Gasteiger partial charge in [0.25, 0.3) is 0 Å². The molecule has 0 saturated carbocycles. The van der Waals surface area contributed by atoms with Crippen LogP contribution in [0.25, 0.3) is 0 Å². The van der Waals surface area contributed by atoms with Crippen LogP contribution in [0.4, 0.5) is 0 Å². The third kappa shape index (κ3) is 4.69. The van der Waals surface area contributed by atoms with Gasteiger partial charge in [0.05, 0.1) is 11.6 Å². The molecule has 1 atom stereocenters. The van der Waals surface area contributed by atoms with E-state index in [1.807, 2.05) is 6.92 Å². The van der Waals surface area contributed by atoms with Crippen LogP contribution >= 0.6 is 11.3 Å². The van der Waals surface area contributed by atoms with E-state index in [0.29, 0.717) is 24.8 Å². The van der Waals surface area contributed by atoms with Crippen LogP contribution in [-0.4, -0.2) is 41.4 Å². The van der Waals surface area contributed by atoms with Gasteiger partial charge < -0.3 is 16.4 Å². The summed E-state index contributed by atoms with van der Waals surface area (Å²) in [6, 6.07) is 0. The van der Waals surface area contributed by atoms with Gasteiger partial charge in [-0.3, -0.25) is 9.79 Å². The van der Waals surface area contributed by atoms with E-state index in [4.69, 9.17) is 11.5 Å². The molecule has 122 valence electrons. The number of hydrogen-bond acceptors (Lipinski definition) is 4. The molecule has 1 aromatic rings. The number of hydrogen-bond donors (Lipinski definition) is 2. The third-order valence-electron chi connectivity index (χ3n) is 4.01. The van der Waals surface area contributed by atoms with Crippen LogP contribution in [0.1, 0.15) is 42.8 Å². The van der Waals surface area contributed by atoms with Crippen LogP contribution in [0.3, 0.4) is 0 Å². The van der Waals surface area contributed by atoms with Gasteiger partial charge in [-0.05, 0) is 25.7 Å². The Bertz CT molecular complexity index is 534. The quantitative estimate of drug-likeness (QED) is 0.633. The molecule has 0 aliphatic carbocycles. The summed E-state index contributed by atoms with van der Waals surface area (Å²) in [5.74, 6) is 1.05. The minimum Gasteiger partial charge on any atom is -0.370 e. The number of rotatable bonds is 5. The van der Waals surface area contributed by atoms with E-state index in [-0.39, 0.29) is 11.8 Å². The second-order valence-corrected chi connectivity index (χ2v) is 6.92. The average Bonchev–Trinajstić information content (AvgIpc) is 2.91. The van der Waals surface area contributed by atoms with Crippen LogP contribution in [0.5, 0.6) is 0 Å². The molecule has 2 rings (SSSR count). The number of nitrogens with zero attached hydrogens (tertiary/aromatic N) is 3. The van der Waals surface area contributed by atoms with E-state index in [1.54, 1.807) is 11.3 Å². The summed E-state index contributed by atoms with van der Waals surface area (Å²) in [6.45, 7) is 6.46. The standard InChI is InChI=1S/C15H25N5OS/c1-10(14-19-11(2)9-22-14)8-18-15(17)20-5-3-12(4-6-20)7-13(16)21/h9-10,12H,3-8H2,1-2H3,(H2,16,21)(H2,17,18). The van der Waals surface area contributed by atoms with E-state index in [0.717, 1.165) is 36.6 Å². The van der Waals surface area contributed by atoms with Gasteiger partial charge in [0.15, 0.2) is 5.96 Å². The van der Waals surface area contributed by atoms with Gasteiger partial charge in [0.2, 0.25) is 5.91 Å². The highest BCUT2D eigenvalue weighted by Gasteiger charge is 2.21. The lowest BCUT2D eigenvalue weighted by atomic mass is 9.93. The smallest absolute Gasteiger partial charge is 0.217 e. The minimum absolute atomic E-state index is 0.215. The number of aliphatic imine (C=N–C) groups is 1. The molecule has 22 heavy (non-hydrogen) atoms. The summed E-state index contributed by atoms with van der Waals surface area (Å²) in [6.07, 6.45) is 2.37. The number of guanidine groups is 1. The van der Waals surface area contributed by atoms with Gasteiger partial charge >= 0.3 is 0 Å². The zero-order chi connectivity index (χ0) is 16.1. The zero-order valence-electron chi connectivity index (χ0n) is 13.3. The number of aryl methyl sites for hydroxylation is 1. The second kappa shape index (κ2) is 7.58. The van der Waals surface area contributed by atoms with Gasteiger partial charge in [-0.2, -0.15) is 0 Å². The highest BCUT2D eigenvalue weighted by Crippen LogP contribution is 2.21. The topological polar surface area (TPSA) is 97.6 Å². The Morgan fingerprint density at radius 1 is 1.50 bits per heavy atom. The van der Waals surface area contributed by atoms with Crippen molar-refractivity contribution in [1.82, 2.24) is 9.88 Å². The number of nitrogens with two attached hydrogens (primary N) is 2. The third-order valence-corrected chi connectivity index (χ3v) is 5.21. The molecule has 0 aromatic carbocycles. The first-order valence-corrected chi connectivity index (χ1v) is 8.59. The second-order valence-electron chi connectivity index (χ2n) is 6.03. The van der Waals surface area contributed by atoms with Crippen molar-refractivity contribution in [1.29, 1.82) is 0 Å². The van der Waals surface area contributed by atoms with E-state index in [1.165, 1.54) is 0 Å². The first-order valence-electron chi connectivity index (χ1n) is 7.71. The molecule has 7 heteroatoms. The lowest BCUT2D eigenvalue weighted by molar-refractivity contribution is -0.119. The predicted molar refractivity (Wildman–Crippen MR) is 89.9 cm³/mol. The zero-order valence-corrected chi connectivity index (χ0v) is 14.1. The molecule has 1 amide bonds. The maximum Gasteiger partial charge on any atom is 0.217 e. The van der Waals surface area contributed by atoms with Crippen LogP contribution < -0.4 is 11.5 Å². The fourth-order valence-electron chi connectivity index (χ4n) is 2.66. The first kappa shape index (κ1) is 16.7. The number of aromatic nitrogens is 1. The Morgan fingerprint density at radius 3 is 2.73 bits per heavy atom. The Balaban J connectivity index is 1.81. The van der Waals surface area contributed by atoms with Gasteiger partial charge in [0, 0.05) is 36.5 Å². The van der Waals surface area contributed by atoms with Crippen LogP contribution in [0, 0.1) is 12.8 Å². The molecule has 1 aliphatic rings. The van der Waals surface area contributed by atoms with E-state index in [9.17, 15) is 4.79 Å². The number of primary amides is 1. The normalized spacial score (nSPS) is 18.5. The Morgan fingerprint density at radius 2 is 2.18 bits per heavy atom. The maximum atomic E-state index is 11.0. The lowest BCUT2D eigenvalue weighted by Gasteiger charge is -2.32. The predicted octanol–water partition coefficient (Wildman–Crippen LogP) is 1.46. The number of likely N-dealkylation sites (tertiary alicyclic amines) is 1. The molecule has 2 heterocycles. The summed E-state index contributed by atoms with van der Waals surface area (Å²) in [7, 11) is 0. The van der Waals surface area contributed by atoms with Crippen LogP contribution in [0.2, 0.25) is 0 Å². The number of amides is 1. The maximum absolute atomic E-state index is 11.0.